The lowest BCUT2D eigenvalue weighted by Crippen LogP contribution is -2.58. The molecular weight excluding hydrogens is 757 g/mol. The molecule has 302 valence electrons. The van der Waals surface area contributed by atoms with Crippen LogP contribution in [0.3, 0.4) is 0 Å². The normalized spacial score (nSPS) is 26.3. The second-order valence-corrected chi connectivity index (χ2v) is 17.0. The van der Waals surface area contributed by atoms with Crippen molar-refractivity contribution in [3.05, 3.63) is 72.3 Å². The molecule has 1 aromatic heterocycles. The molecular formula is C39H46N8O9S. The highest BCUT2D eigenvalue weighted by molar-refractivity contribution is 7.91. The van der Waals surface area contributed by atoms with Crippen molar-refractivity contribution in [1.82, 2.24) is 40.5 Å². The fourth-order valence-corrected chi connectivity index (χ4v) is 8.96. The Bertz CT molecular complexity index is 2140. The number of tetrazole rings is 1. The molecule has 2 aromatic carbocycles. The van der Waals surface area contributed by atoms with Crippen molar-refractivity contribution in [1.29, 1.82) is 0 Å². The summed E-state index contributed by atoms with van der Waals surface area (Å²) < 4.78 is 38.2. The molecule has 4 amide bonds. The summed E-state index contributed by atoms with van der Waals surface area (Å²) in [4.78, 5) is 72.5. The lowest BCUT2D eigenvalue weighted by Gasteiger charge is -2.30. The van der Waals surface area contributed by atoms with Gasteiger partial charge in [-0.05, 0) is 73.6 Å². The Morgan fingerprint density at radius 2 is 1.74 bits per heavy atom. The average molecular weight is 803 g/mol. The van der Waals surface area contributed by atoms with Crippen molar-refractivity contribution in [3.8, 4) is 17.1 Å². The standard InChI is InChI=1S/C39H46N8O9S/c1-55-28-17-15-25(16-18-28)33-42-45-47(43-33)27-21-31-34(48)41-39(38(52)44-57(53,54)29-19-20-29)22-26(39)13-9-4-3-5-10-14-30(36(50)46(31)23-27)40-35(49)32(37(51)56-2)24-11-7-6-8-12-24/h6-9,11-13,15-18,26-27,29-32H,3-5,10,14,19-23H2,1-2H3,(H,40,49)(H,41,48)(H,44,52)/b13-9+/t26?,27-,30+,31?,32+,39-/m1/s1. The van der Waals surface area contributed by atoms with E-state index in [1.807, 2.05) is 12.2 Å². The minimum atomic E-state index is -3.93. The topological polar surface area (TPSA) is 221 Å². The van der Waals surface area contributed by atoms with E-state index in [-0.39, 0.29) is 25.8 Å². The van der Waals surface area contributed by atoms with Crippen molar-refractivity contribution >= 4 is 39.6 Å². The number of aromatic nitrogens is 4. The number of sulfonamides is 1. The van der Waals surface area contributed by atoms with Crippen molar-refractivity contribution in [2.75, 3.05) is 20.8 Å². The molecule has 3 fully saturated rings. The molecule has 4 aliphatic rings. The first-order chi connectivity index (χ1) is 27.4. The van der Waals surface area contributed by atoms with E-state index in [4.69, 9.17) is 9.47 Å². The number of hydrogen-bond donors (Lipinski definition) is 3. The minimum absolute atomic E-state index is 0.0179. The van der Waals surface area contributed by atoms with Gasteiger partial charge >= 0.3 is 5.97 Å². The van der Waals surface area contributed by atoms with E-state index >= 15 is 0 Å². The van der Waals surface area contributed by atoms with Crippen LogP contribution in [0.4, 0.5) is 0 Å². The summed E-state index contributed by atoms with van der Waals surface area (Å²) in [6, 6.07) is 12.4. The number of amides is 4. The fourth-order valence-electron chi connectivity index (χ4n) is 7.59. The predicted molar refractivity (Wildman–Crippen MR) is 203 cm³/mol. The van der Waals surface area contributed by atoms with Crippen LogP contribution in [0.5, 0.6) is 5.75 Å². The molecule has 6 atom stereocenters. The van der Waals surface area contributed by atoms with E-state index in [1.165, 1.54) is 16.8 Å². The number of nitrogens with one attached hydrogen (secondary N) is 3. The molecule has 0 bridgehead atoms. The highest BCUT2D eigenvalue weighted by atomic mass is 32.2. The molecule has 1 saturated heterocycles. The Morgan fingerprint density at radius 3 is 2.44 bits per heavy atom. The van der Waals surface area contributed by atoms with Gasteiger partial charge in [-0.2, -0.15) is 4.80 Å². The van der Waals surface area contributed by atoms with Crippen LogP contribution in [-0.4, -0.2) is 107 Å². The third-order valence-corrected chi connectivity index (χ3v) is 12.9. The lowest BCUT2D eigenvalue weighted by molar-refractivity contribution is -0.148. The molecule has 7 rings (SSSR count). The van der Waals surface area contributed by atoms with Crippen molar-refractivity contribution < 1.29 is 41.9 Å². The Labute approximate surface area is 330 Å². The van der Waals surface area contributed by atoms with Crippen LogP contribution in [0.15, 0.2) is 66.7 Å². The summed E-state index contributed by atoms with van der Waals surface area (Å²) in [6.45, 7) is -0.0561. The first kappa shape index (κ1) is 39.6. The number of rotatable bonds is 10. The van der Waals surface area contributed by atoms with E-state index in [1.54, 1.807) is 61.7 Å². The molecule has 0 radical (unpaired) electrons. The largest absolute Gasteiger partial charge is 0.497 e. The number of nitrogens with zero attached hydrogens (tertiary/aromatic N) is 5. The summed E-state index contributed by atoms with van der Waals surface area (Å²) in [5, 5.41) is 18.1. The SMILES string of the molecule is COC(=O)[C@H](C(=O)N[C@H]1CCCCC/C=C/C2C[C@@]2(C(=O)NS(=O)(=O)C2CC2)NC(=O)C2C[C@@H](n3nnc(-c4ccc(OC)cc4)n3)CN2C1=O)c1ccccc1. The molecule has 2 saturated carbocycles. The molecule has 2 unspecified atom stereocenters. The fraction of sp³-hybridized carbons (Fsp3) is 0.487. The number of allylic oxidation sites excluding steroid dienone is 1. The zero-order valence-corrected chi connectivity index (χ0v) is 32.5. The molecule has 3 aromatic rings. The van der Waals surface area contributed by atoms with E-state index in [0.717, 1.165) is 6.42 Å². The van der Waals surface area contributed by atoms with Gasteiger partial charge in [0.25, 0.3) is 5.91 Å². The van der Waals surface area contributed by atoms with Crippen LogP contribution >= 0.6 is 0 Å². The molecule has 0 spiro atoms. The van der Waals surface area contributed by atoms with Crippen molar-refractivity contribution in [3.63, 3.8) is 0 Å². The van der Waals surface area contributed by atoms with E-state index in [2.05, 4.69) is 30.8 Å². The molecule has 2 aliphatic carbocycles. The summed E-state index contributed by atoms with van der Waals surface area (Å²) >= 11 is 0. The van der Waals surface area contributed by atoms with Gasteiger partial charge in [-0.15, -0.1) is 10.2 Å². The van der Waals surface area contributed by atoms with Crippen LogP contribution in [0, 0.1) is 5.92 Å². The molecule has 57 heavy (non-hydrogen) atoms. The third-order valence-electron chi connectivity index (χ3n) is 11.1. The number of ether oxygens (including phenoxy) is 2. The minimum Gasteiger partial charge on any atom is -0.497 e. The van der Waals surface area contributed by atoms with Gasteiger partial charge in [0.05, 0.1) is 25.5 Å². The molecule has 17 nitrogen and oxygen atoms in total. The summed E-state index contributed by atoms with van der Waals surface area (Å²) in [5.41, 5.74) is -0.507. The maximum absolute atomic E-state index is 14.7. The summed E-state index contributed by atoms with van der Waals surface area (Å²) in [7, 11) is -1.19. The van der Waals surface area contributed by atoms with Gasteiger partial charge in [-0.1, -0.05) is 55.3 Å². The van der Waals surface area contributed by atoms with E-state index in [9.17, 15) is 32.4 Å². The molecule has 18 heteroatoms. The van der Waals surface area contributed by atoms with Crippen LogP contribution < -0.4 is 20.1 Å². The number of carbonyl (C=O) groups excluding carboxylic acids is 5. The van der Waals surface area contributed by atoms with Crippen LogP contribution in [-0.2, 0) is 38.7 Å². The van der Waals surface area contributed by atoms with Gasteiger partial charge in [0.15, 0.2) is 5.92 Å². The van der Waals surface area contributed by atoms with Gasteiger partial charge in [-0.3, -0.25) is 28.7 Å². The quantitative estimate of drug-likeness (QED) is 0.152. The zero-order valence-electron chi connectivity index (χ0n) is 31.7. The van der Waals surface area contributed by atoms with Gasteiger partial charge in [-0.25, -0.2) is 8.42 Å². The average Bonchev–Trinajstić information content (AvgIpc) is 4.08. The van der Waals surface area contributed by atoms with Crippen LogP contribution in [0.25, 0.3) is 11.4 Å². The predicted octanol–water partition coefficient (Wildman–Crippen LogP) is 1.94. The zero-order chi connectivity index (χ0) is 40.3. The Balaban J connectivity index is 1.20. The second kappa shape index (κ2) is 16.4. The van der Waals surface area contributed by atoms with Crippen molar-refractivity contribution in [2.45, 2.75) is 92.6 Å². The lowest BCUT2D eigenvalue weighted by atomic mass is 9.97. The monoisotopic (exact) mass is 802 g/mol. The van der Waals surface area contributed by atoms with Gasteiger partial charge in [0, 0.05) is 24.4 Å². The second-order valence-electron chi connectivity index (χ2n) is 15.0. The third kappa shape index (κ3) is 8.55. The number of benzene rings is 2. The first-order valence-electron chi connectivity index (χ1n) is 19.2. The summed E-state index contributed by atoms with van der Waals surface area (Å²) in [6.07, 6.45) is 7.67. The molecule has 3 heterocycles. The maximum Gasteiger partial charge on any atom is 0.322 e. The Kier molecular flexibility index (Phi) is 11.4. The number of carbonyl (C=O) groups is 5. The highest BCUT2D eigenvalue weighted by Gasteiger charge is 2.62. The van der Waals surface area contributed by atoms with Gasteiger partial charge in [0.1, 0.15) is 23.4 Å². The molecule has 2 aliphatic heterocycles. The number of fused-ring (bicyclic) bond motifs is 2. The number of esters is 1. The smallest absolute Gasteiger partial charge is 0.322 e. The highest BCUT2D eigenvalue weighted by Crippen LogP contribution is 2.46. The summed E-state index contributed by atoms with van der Waals surface area (Å²) in [5.74, 6) is -4.49. The number of hydrogen-bond acceptors (Lipinski definition) is 12. The maximum atomic E-state index is 14.7. The van der Waals surface area contributed by atoms with Crippen LogP contribution in [0.1, 0.15) is 75.3 Å². The molecule has 3 N–H and O–H groups in total. The van der Waals surface area contributed by atoms with Gasteiger partial charge in [0.2, 0.25) is 33.6 Å². The van der Waals surface area contributed by atoms with Crippen molar-refractivity contribution in [2.24, 2.45) is 5.92 Å². The Morgan fingerprint density at radius 1 is 0.982 bits per heavy atom. The van der Waals surface area contributed by atoms with Crippen LogP contribution in [0.2, 0.25) is 0 Å². The van der Waals surface area contributed by atoms with E-state index in [0.29, 0.717) is 54.8 Å². The first-order valence-corrected chi connectivity index (χ1v) is 20.7. The van der Waals surface area contributed by atoms with E-state index < -0.39 is 80.4 Å². The Hall–Kier alpha value is -5.65. The van der Waals surface area contributed by atoms with Gasteiger partial charge < -0.3 is 25.0 Å². The number of methoxy groups -OCH3 is 2.